The largest absolute Gasteiger partial charge is 0.465 e. The summed E-state index contributed by atoms with van der Waals surface area (Å²) in [5.74, 6) is -0.432. The summed E-state index contributed by atoms with van der Waals surface area (Å²) in [4.78, 5) is 25.8. The molecule has 2 heterocycles. The third-order valence-corrected chi connectivity index (χ3v) is 4.24. The van der Waals surface area contributed by atoms with Gasteiger partial charge in [0.1, 0.15) is 0 Å². The summed E-state index contributed by atoms with van der Waals surface area (Å²) in [7, 11) is 1.34. The molecule has 0 unspecified atom stereocenters. The Labute approximate surface area is 146 Å². The number of ether oxygens (including phenoxy) is 1. The van der Waals surface area contributed by atoms with Crippen LogP contribution in [0.3, 0.4) is 0 Å². The van der Waals surface area contributed by atoms with Gasteiger partial charge in [-0.25, -0.2) is 4.79 Å². The summed E-state index contributed by atoms with van der Waals surface area (Å²) in [5, 5.41) is 7.29. The van der Waals surface area contributed by atoms with Crippen LogP contribution in [0, 0.1) is 6.92 Å². The van der Waals surface area contributed by atoms with Crippen molar-refractivity contribution in [1.82, 2.24) is 14.7 Å². The van der Waals surface area contributed by atoms with Gasteiger partial charge in [0.05, 0.1) is 30.6 Å². The van der Waals surface area contributed by atoms with E-state index in [-0.39, 0.29) is 5.91 Å². The van der Waals surface area contributed by atoms with Crippen LogP contribution in [-0.2, 0) is 22.6 Å². The number of benzene rings is 1. The summed E-state index contributed by atoms with van der Waals surface area (Å²) < 4.78 is 6.69. The third kappa shape index (κ3) is 4.24. The molecule has 7 heteroatoms. The number of nitrogens with zero attached hydrogens (tertiary/aromatic N) is 3. The highest BCUT2D eigenvalue weighted by atomic mass is 16.5. The van der Waals surface area contributed by atoms with Crippen molar-refractivity contribution in [2.24, 2.45) is 0 Å². The van der Waals surface area contributed by atoms with Crippen LogP contribution in [0.4, 0.5) is 5.69 Å². The van der Waals surface area contributed by atoms with E-state index in [2.05, 4.69) is 26.1 Å². The molecule has 1 aliphatic heterocycles. The van der Waals surface area contributed by atoms with E-state index in [0.29, 0.717) is 24.2 Å². The lowest BCUT2D eigenvalue weighted by atomic mass is 10.2. The van der Waals surface area contributed by atoms with Crippen LogP contribution in [0.2, 0.25) is 0 Å². The summed E-state index contributed by atoms with van der Waals surface area (Å²) in [5.41, 5.74) is 3.36. The normalized spacial score (nSPS) is 14.0. The predicted octanol–water partition coefficient (Wildman–Crippen LogP) is 1.82. The Hall–Kier alpha value is -2.67. The summed E-state index contributed by atoms with van der Waals surface area (Å²) >= 11 is 0. The van der Waals surface area contributed by atoms with E-state index in [1.54, 1.807) is 24.3 Å². The van der Waals surface area contributed by atoms with Crippen molar-refractivity contribution in [3.8, 4) is 0 Å². The first-order valence-electron chi connectivity index (χ1n) is 8.29. The molecule has 0 aliphatic carbocycles. The first kappa shape index (κ1) is 17.2. The minimum absolute atomic E-state index is 0.0407. The molecule has 1 aromatic heterocycles. The Kier molecular flexibility index (Phi) is 5.14. The minimum atomic E-state index is -0.391. The number of amides is 1. The lowest BCUT2D eigenvalue weighted by Gasteiger charge is -2.27. The molecule has 25 heavy (non-hydrogen) atoms. The standard InChI is InChI=1S/C18H22N4O3/c1-13-11-16-12-21(9-10-22(16)20-13)8-7-17(23)19-15-5-3-14(4-6-15)18(24)25-2/h3-6,11H,7-10,12H2,1-2H3,(H,19,23). The summed E-state index contributed by atoms with van der Waals surface area (Å²) in [6.45, 7) is 5.28. The van der Waals surface area contributed by atoms with Gasteiger partial charge in [0.25, 0.3) is 0 Å². The second kappa shape index (κ2) is 7.48. The van der Waals surface area contributed by atoms with Gasteiger partial charge in [-0.3, -0.25) is 14.4 Å². The summed E-state index contributed by atoms with van der Waals surface area (Å²) in [6.07, 6.45) is 0.422. The second-order valence-electron chi connectivity index (χ2n) is 6.14. The number of aromatic nitrogens is 2. The van der Waals surface area contributed by atoms with Gasteiger partial charge in [-0.15, -0.1) is 0 Å². The zero-order chi connectivity index (χ0) is 17.8. The van der Waals surface area contributed by atoms with Gasteiger partial charge in [0, 0.05) is 31.7 Å². The molecule has 0 spiro atoms. The van der Waals surface area contributed by atoms with Crippen LogP contribution in [0.25, 0.3) is 0 Å². The number of aryl methyl sites for hydroxylation is 1. The molecular formula is C18H22N4O3. The van der Waals surface area contributed by atoms with E-state index in [1.165, 1.54) is 12.8 Å². The number of esters is 1. The average Bonchev–Trinajstić information content (AvgIpc) is 2.99. The van der Waals surface area contributed by atoms with Crippen LogP contribution in [0.15, 0.2) is 30.3 Å². The Morgan fingerprint density at radius 2 is 2.00 bits per heavy atom. The molecule has 1 N–H and O–H groups in total. The van der Waals surface area contributed by atoms with E-state index in [4.69, 9.17) is 0 Å². The number of rotatable bonds is 5. The van der Waals surface area contributed by atoms with Gasteiger partial charge in [-0.1, -0.05) is 0 Å². The van der Waals surface area contributed by atoms with Crippen molar-refractivity contribution in [1.29, 1.82) is 0 Å². The van der Waals surface area contributed by atoms with E-state index in [0.717, 1.165) is 25.3 Å². The van der Waals surface area contributed by atoms with Crippen molar-refractivity contribution in [3.05, 3.63) is 47.3 Å². The highest BCUT2D eigenvalue weighted by Gasteiger charge is 2.18. The maximum Gasteiger partial charge on any atom is 0.337 e. The van der Waals surface area contributed by atoms with E-state index in [1.807, 2.05) is 11.6 Å². The number of carbonyl (C=O) groups excluding carboxylic acids is 2. The van der Waals surface area contributed by atoms with Crippen LogP contribution in [-0.4, -0.2) is 46.8 Å². The molecule has 2 aromatic rings. The predicted molar refractivity (Wildman–Crippen MR) is 93.3 cm³/mol. The summed E-state index contributed by atoms with van der Waals surface area (Å²) in [6, 6.07) is 8.76. The molecule has 0 saturated carbocycles. The van der Waals surface area contributed by atoms with Gasteiger partial charge in [0.2, 0.25) is 5.91 Å². The highest BCUT2D eigenvalue weighted by molar-refractivity contribution is 5.93. The lowest BCUT2D eigenvalue weighted by molar-refractivity contribution is -0.116. The number of nitrogens with one attached hydrogen (secondary N) is 1. The maximum absolute atomic E-state index is 12.1. The van der Waals surface area contributed by atoms with Gasteiger partial charge in [-0.2, -0.15) is 5.10 Å². The number of hydrogen-bond acceptors (Lipinski definition) is 5. The SMILES string of the molecule is COC(=O)c1ccc(NC(=O)CCN2CCn3nc(C)cc3C2)cc1. The number of carbonyl (C=O) groups is 2. The van der Waals surface area contributed by atoms with Gasteiger partial charge in [0.15, 0.2) is 0 Å². The average molecular weight is 342 g/mol. The smallest absolute Gasteiger partial charge is 0.337 e. The number of fused-ring (bicyclic) bond motifs is 1. The third-order valence-electron chi connectivity index (χ3n) is 4.24. The molecule has 7 nitrogen and oxygen atoms in total. The van der Waals surface area contributed by atoms with Gasteiger partial charge in [-0.05, 0) is 37.3 Å². The molecule has 0 radical (unpaired) electrons. The zero-order valence-electron chi connectivity index (χ0n) is 14.5. The van der Waals surface area contributed by atoms with E-state index >= 15 is 0 Å². The Balaban J connectivity index is 1.48. The second-order valence-corrected chi connectivity index (χ2v) is 6.14. The minimum Gasteiger partial charge on any atom is -0.465 e. The van der Waals surface area contributed by atoms with Crippen molar-refractivity contribution in [3.63, 3.8) is 0 Å². The quantitative estimate of drug-likeness (QED) is 0.839. The monoisotopic (exact) mass is 342 g/mol. The zero-order valence-corrected chi connectivity index (χ0v) is 14.5. The van der Waals surface area contributed by atoms with Crippen LogP contribution >= 0.6 is 0 Å². The maximum atomic E-state index is 12.1. The van der Waals surface area contributed by atoms with Crippen molar-refractivity contribution < 1.29 is 14.3 Å². The fraction of sp³-hybridized carbons (Fsp3) is 0.389. The van der Waals surface area contributed by atoms with Crippen LogP contribution in [0.1, 0.15) is 28.2 Å². The molecule has 1 aliphatic rings. The van der Waals surface area contributed by atoms with E-state index < -0.39 is 5.97 Å². The molecule has 0 atom stereocenters. The number of anilines is 1. The van der Waals surface area contributed by atoms with Crippen molar-refractivity contribution >= 4 is 17.6 Å². The highest BCUT2D eigenvalue weighted by Crippen LogP contribution is 2.14. The topological polar surface area (TPSA) is 76.5 Å². The Morgan fingerprint density at radius 3 is 2.72 bits per heavy atom. The van der Waals surface area contributed by atoms with E-state index in [9.17, 15) is 9.59 Å². The fourth-order valence-electron chi connectivity index (χ4n) is 2.95. The molecule has 3 rings (SSSR count). The number of hydrogen-bond donors (Lipinski definition) is 1. The van der Waals surface area contributed by atoms with Crippen LogP contribution < -0.4 is 5.32 Å². The first-order chi connectivity index (χ1) is 12.0. The van der Waals surface area contributed by atoms with Crippen LogP contribution in [0.5, 0.6) is 0 Å². The Morgan fingerprint density at radius 1 is 1.24 bits per heavy atom. The van der Waals surface area contributed by atoms with Gasteiger partial charge < -0.3 is 10.1 Å². The van der Waals surface area contributed by atoms with Crippen molar-refractivity contribution in [2.75, 3.05) is 25.5 Å². The molecule has 132 valence electrons. The molecule has 0 bridgehead atoms. The number of methoxy groups -OCH3 is 1. The lowest BCUT2D eigenvalue weighted by Crippen LogP contribution is -2.35. The fourth-order valence-corrected chi connectivity index (χ4v) is 2.95. The van der Waals surface area contributed by atoms with Crippen molar-refractivity contribution in [2.45, 2.75) is 26.4 Å². The molecule has 0 fully saturated rings. The van der Waals surface area contributed by atoms with Gasteiger partial charge >= 0.3 is 5.97 Å². The molecular weight excluding hydrogens is 320 g/mol. The molecule has 0 saturated heterocycles. The Bertz CT molecular complexity index is 767. The molecule has 1 aromatic carbocycles. The first-order valence-corrected chi connectivity index (χ1v) is 8.29. The molecule has 1 amide bonds.